The van der Waals surface area contributed by atoms with Crippen LogP contribution in [0, 0.1) is 0 Å². The van der Waals surface area contributed by atoms with E-state index in [1.165, 1.54) is 7.11 Å². The predicted octanol–water partition coefficient (Wildman–Crippen LogP) is 3.23. The minimum absolute atomic E-state index is 0.334. The summed E-state index contributed by atoms with van der Waals surface area (Å²) in [7, 11) is 1.33. The third-order valence-corrected chi connectivity index (χ3v) is 3.75. The van der Waals surface area contributed by atoms with Crippen LogP contribution in [0.5, 0.6) is 0 Å². The van der Waals surface area contributed by atoms with Crippen molar-refractivity contribution in [1.29, 1.82) is 0 Å². The first kappa shape index (κ1) is 20.3. The molecule has 0 fully saturated rings. The summed E-state index contributed by atoms with van der Waals surface area (Å²) in [5, 5.41) is 13.1. The maximum absolute atomic E-state index is 11.2. The van der Waals surface area contributed by atoms with Crippen molar-refractivity contribution in [3.05, 3.63) is 47.3 Å². The first-order valence-corrected chi connectivity index (χ1v) is 8.93. The van der Waals surface area contributed by atoms with E-state index in [1.807, 2.05) is 37.3 Å². The van der Waals surface area contributed by atoms with Crippen molar-refractivity contribution in [2.45, 2.75) is 39.8 Å². The van der Waals surface area contributed by atoms with Crippen LogP contribution in [0.3, 0.4) is 0 Å². The fourth-order valence-corrected chi connectivity index (χ4v) is 2.23. The lowest BCUT2D eigenvalue weighted by molar-refractivity contribution is 0.187. The highest BCUT2D eigenvalue weighted by atomic mass is 16.5. The SMILES string of the molecule is CCNC(=NCc1ccc(NC(=O)OC)cc1)NCc1cc(C(C)C)no1. The molecule has 2 aromatic rings. The standard InChI is InChI=1S/C19H27N5O3/c1-5-20-18(22-12-16-10-17(13(2)3)24-27-16)21-11-14-6-8-15(9-7-14)23-19(25)26-4/h6-10,13H,5,11-12H2,1-4H3,(H,23,25)(H2,20,21,22). The summed E-state index contributed by atoms with van der Waals surface area (Å²) in [5.41, 5.74) is 2.63. The summed E-state index contributed by atoms with van der Waals surface area (Å²) in [6.07, 6.45) is -0.493. The van der Waals surface area contributed by atoms with Gasteiger partial charge in [-0.3, -0.25) is 5.32 Å². The molecule has 3 N–H and O–H groups in total. The van der Waals surface area contributed by atoms with Crippen LogP contribution in [0.15, 0.2) is 39.8 Å². The number of guanidine groups is 1. The summed E-state index contributed by atoms with van der Waals surface area (Å²) in [6.45, 7) is 7.92. The van der Waals surface area contributed by atoms with Crippen LogP contribution >= 0.6 is 0 Å². The van der Waals surface area contributed by atoms with E-state index in [-0.39, 0.29) is 0 Å². The molecule has 0 atom stereocenters. The van der Waals surface area contributed by atoms with Gasteiger partial charge in [0.1, 0.15) is 0 Å². The van der Waals surface area contributed by atoms with E-state index in [1.54, 1.807) is 0 Å². The minimum Gasteiger partial charge on any atom is -0.453 e. The van der Waals surface area contributed by atoms with Crippen molar-refractivity contribution < 1.29 is 14.1 Å². The number of nitrogens with one attached hydrogen (secondary N) is 3. The average molecular weight is 373 g/mol. The second-order valence-electron chi connectivity index (χ2n) is 6.24. The summed E-state index contributed by atoms with van der Waals surface area (Å²) >= 11 is 0. The van der Waals surface area contributed by atoms with Gasteiger partial charge < -0.3 is 19.9 Å². The molecule has 27 heavy (non-hydrogen) atoms. The highest BCUT2D eigenvalue weighted by molar-refractivity contribution is 5.84. The zero-order valence-corrected chi connectivity index (χ0v) is 16.2. The first-order chi connectivity index (χ1) is 13.0. The number of hydrogen-bond donors (Lipinski definition) is 3. The van der Waals surface area contributed by atoms with E-state index in [0.717, 1.165) is 23.6 Å². The van der Waals surface area contributed by atoms with Gasteiger partial charge in [-0.15, -0.1) is 0 Å². The monoisotopic (exact) mass is 373 g/mol. The number of anilines is 1. The second kappa shape index (κ2) is 10.2. The van der Waals surface area contributed by atoms with Crippen molar-refractivity contribution >= 4 is 17.7 Å². The van der Waals surface area contributed by atoms with Crippen molar-refractivity contribution in [2.24, 2.45) is 4.99 Å². The Morgan fingerprint density at radius 3 is 2.59 bits per heavy atom. The normalized spacial score (nSPS) is 11.4. The molecule has 0 radical (unpaired) electrons. The maximum Gasteiger partial charge on any atom is 0.411 e. The van der Waals surface area contributed by atoms with Gasteiger partial charge in [0.15, 0.2) is 11.7 Å². The van der Waals surface area contributed by atoms with Gasteiger partial charge in [-0.25, -0.2) is 9.79 Å². The maximum atomic E-state index is 11.2. The van der Waals surface area contributed by atoms with E-state index >= 15 is 0 Å². The molecule has 146 valence electrons. The predicted molar refractivity (Wildman–Crippen MR) is 105 cm³/mol. The topological polar surface area (TPSA) is 101 Å². The van der Waals surface area contributed by atoms with Gasteiger partial charge in [0.05, 0.1) is 25.9 Å². The van der Waals surface area contributed by atoms with Gasteiger partial charge in [0, 0.05) is 18.3 Å². The minimum atomic E-state index is -0.493. The van der Waals surface area contributed by atoms with Crippen molar-refractivity contribution in [3.8, 4) is 0 Å². The molecular formula is C19H27N5O3. The van der Waals surface area contributed by atoms with Gasteiger partial charge in [-0.2, -0.15) is 0 Å². The summed E-state index contributed by atoms with van der Waals surface area (Å²) in [6, 6.07) is 9.38. The number of amides is 1. The van der Waals surface area contributed by atoms with Crippen LogP contribution in [-0.2, 0) is 17.8 Å². The van der Waals surface area contributed by atoms with Crippen LogP contribution in [0.4, 0.5) is 10.5 Å². The van der Waals surface area contributed by atoms with E-state index in [4.69, 9.17) is 4.52 Å². The smallest absolute Gasteiger partial charge is 0.411 e. The van der Waals surface area contributed by atoms with Crippen molar-refractivity contribution in [2.75, 3.05) is 19.0 Å². The molecule has 1 amide bonds. The Morgan fingerprint density at radius 2 is 2.00 bits per heavy atom. The number of aromatic nitrogens is 1. The van der Waals surface area contributed by atoms with Crippen molar-refractivity contribution in [3.63, 3.8) is 0 Å². The second-order valence-corrected chi connectivity index (χ2v) is 6.24. The number of carbonyl (C=O) groups excluding carboxylic acids is 1. The van der Waals surface area contributed by atoms with Crippen LogP contribution < -0.4 is 16.0 Å². The molecule has 0 aliphatic rings. The zero-order chi connectivity index (χ0) is 19.6. The molecule has 0 unspecified atom stereocenters. The summed E-state index contributed by atoms with van der Waals surface area (Å²) < 4.78 is 9.90. The Kier molecular flexibility index (Phi) is 7.66. The number of aliphatic imine (C=N–C) groups is 1. The van der Waals surface area contributed by atoms with Crippen LogP contribution in [0.2, 0.25) is 0 Å². The third kappa shape index (κ3) is 6.65. The number of rotatable bonds is 7. The molecule has 1 aromatic carbocycles. The van der Waals surface area contributed by atoms with Gasteiger partial charge >= 0.3 is 6.09 Å². The molecule has 8 heteroatoms. The largest absolute Gasteiger partial charge is 0.453 e. The van der Waals surface area contributed by atoms with Gasteiger partial charge in [-0.05, 0) is 30.5 Å². The van der Waals surface area contributed by atoms with E-state index < -0.39 is 6.09 Å². The number of benzene rings is 1. The lowest BCUT2D eigenvalue weighted by Gasteiger charge is -2.10. The first-order valence-electron chi connectivity index (χ1n) is 8.93. The van der Waals surface area contributed by atoms with Gasteiger partial charge in [-0.1, -0.05) is 31.1 Å². The molecule has 0 aliphatic carbocycles. The quantitative estimate of drug-likeness (QED) is 0.509. The average Bonchev–Trinajstić information content (AvgIpc) is 3.14. The summed E-state index contributed by atoms with van der Waals surface area (Å²) in [4.78, 5) is 15.8. The Balaban J connectivity index is 1.92. The molecule has 0 spiro atoms. The van der Waals surface area contributed by atoms with E-state index in [9.17, 15) is 4.79 Å². The number of ether oxygens (including phenoxy) is 1. The number of hydrogen-bond acceptors (Lipinski definition) is 5. The molecule has 1 heterocycles. The molecule has 0 saturated heterocycles. The molecule has 2 rings (SSSR count). The van der Waals surface area contributed by atoms with Crippen molar-refractivity contribution in [1.82, 2.24) is 15.8 Å². The van der Waals surface area contributed by atoms with Crippen LogP contribution in [-0.4, -0.2) is 30.9 Å². The Hall–Kier alpha value is -3.03. The van der Waals surface area contributed by atoms with E-state index in [2.05, 4.69) is 44.7 Å². The van der Waals surface area contributed by atoms with E-state index in [0.29, 0.717) is 30.7 Å². The Labute approximate surface area is 159 Å². The summed E-state index contributed by atoms with van der Waals surface area (Å²) in [5.74, 6) is 1.79. The molecule has 0 aliphatic heterocycles. The fourth-order valence-electron chi connectivity index (χ4n) is 2.23. The fraction of sp³-hybridized carbons (Fsp3) is 0.421. The lowest BCUT2D eigenvalue weighted by atomic mass is 10.1. The molecule has 0 bridgehead atoms. The molecule has 0 saturated carbocycles. The highest BCUT2D eigenvalue weighted by Gasteiger charge is 2.08. The number of nitrogens with zero attached hydrogens (tertiary/aromatic N) is 2. The Bertz CT molecular complexity index is 753. The van der Waals surface area contributed by atoms with Crippen LogP contribution in [0.1, 0.15) is 43.7 Å². The van der Waals surface area contributed by atoms with Gasteiger partial charge in [0.2, 0.25) is 0 Å². The number of carbonyl (C=O) groups is 1. The lowest BCUT2D eigenvalue weighted by Crippen LogP contribution is -2.36. The molecule has 8 nitrogen and oxygen atoms in total. The number of methoxy groups -OCH3 is 1. The van der Waals surface area contributed by atoms with Crippen LogP contribution in [0.25, 0.3) is 0 Å². The molecule has 1 aromatic heterocycles. The van der Waals surface area contributed by atoms with Gasteiger partial charge in [0.25, 0.3) is 0 Å². The molecular weight excluding hydrogens is 346 g/mol. The highest BCUT2D eigenvalue weighted by Crippen LogP contribution is 2.14. The Morgan fingerprint density at radius 1 is 1.26 bits per heavy atom. The zero-order valence-electron chi connectivity index (χ0n) is 16.2. The third-order valence-electron chi connectivity index (χ3n) is 3.75.